The summed E-state index contributed by atoms with van der Waals surface area (Å²) < 4.78 is 1.86. The number of nitrogens with zero attached hydrogens (tertiary/aromatic N) is 3. The first-order chi connectivity index (χ1) is 13.2. The number of amides is 2. The maximum Gasteiger partial charge on any atom is 0.315 e. The van der Waals surface area contributed by atoms with E-state index in [1.54, 1.807) is 6.33 Å². The van der Waals surface area contributed by atoms with Crippen LogP contribution in [0.5, 0.6) is 0 Å². The highest BCUT2D eigenvalue weighted by Gasteiger charge is 2.21. The van der Waals surface area contributed by atoms with Gasteiger partial charge in [-0.05, 0) is 30.0 Å². The van der Waals surface area contributed by atoms with Crippen molar-refractivity contribution >= 4 is 6.03 Å². The smallest absolute Gasteiger partial charge is 0.315 e. The number of aromatic nitrogens is 3. The first-order valence-electron chi connectivity index (χ1n) is 9.24. The van der Waals surface area contributed by atoms with Crippen LogP contribution in [0.3, 0.4) is 0 Å². The number of rotatable bonds is 4. The number of nitrogens with one attached hydrogen (secondary N) is 2. The highest BCUT2D eigenvalue weighted by molar-refractivity contribution is 5.74. The Morgan fingerprint density at radius 2 is 2.04 bits per heavy atom. The van der Waals surface area contributed by atoms with E-state index in [0.29, 0.717) is 13.1 Å². The van der Waals surface area contributed by atoms with E-state index in [1.165, 1.54) is 16.7 Å². The molecule has 27 heavy (non-hydrogen) atoms. The molecule has 2 aromatic carbocycles. The average molecular weight is 361 g/mol. The van der Waals surface area contributed by atoms with Crippen LogP contribution >= 0.6 is 0 Å². The second kappa shape index (κ2) is 7.61. The Bertz CT molecular complexity index is 932. The maximum atomic E-state index is 12.2. The van der Waals surface area contributed by atoms with Gasteiger partial charge in [-0.2, -0.15) is 5.10 Å². The molecule has 0 fully saturated rings. The number of carbonyl (C=O) groups excluding carboxylic acids is 1. The third-order valence-corrected chi connectivity index (χ3v) is 4.90. The fraction of sp³-hybridized carbons (Fsp3) is 0.286. The summed E-state index contributed by atoms with van der Waals surface area (Å²) in [5, 5.41) is 10.1. The predicted octanol–water partition coefficient (Wildman–Crippen LogP) is 3.07. The predicted molar refractivity (Wildman–Crippen MR) is 104 cm³/mol. The van der Waals surface area contributed by atoms with Crippen molar-refractivity contribution in [3.63, 3.8) is 0 Å². The van der Waals surface area contributed by atoms with Crippen molar-refractivity contribution in [3.05, 3.63) is 71.8 Å². The van der Waals surface area contributed by atoms with E-state index in [-0.39, 0.29) is 12.1 Å². The summed E-state index contributed by atoms with van der Waals surface area (Å²) in [5.41, 5.74) is 4.70. The van der Waals surface area contributed by atoms with E-state index in [1.807, 2.05) is 4.68 Å². The molecule has 1 aliphatic rings. The summed E-state index contributed by atoms with van der Waals surface area (Å²) in [5.74, 6) is 0.988. The van der Waals surface area contributed by atoms with Gasteiger partial charge in [0.25, 0.3) is 0 Å². The van der Waals surface area contributed by atoms with Crippen LogP contribution in [-0.4, -0.2) is 26.8 Å². The number of carbonyl (C=O) groups is 1. The lowest BCUT2D eigenvalue weighted by Crippen LogP contribution is -2.45. The Kier molecular flexibility index (Phi) is 4.87. The molecule has 0 spiro atoms. The first kappa shape index (κ1) is 17.3. The summed E-state index contributed by atoms with van der Waals surface area (Å²) in [6.07, 6.45) is 3.29. The van der Waals surface area contributed by atoms with Crippen molar-refractivity contribution in [1.29, 1.82) is 0 Å². The lowest BCUT2D eigenvalue weighted by molar-refractivity contribution is 0.231. The molecule has 0 radical (unpaired) electrons. The fourth-order valence-corrected chi connectivity index (χ4v) is 3.41. The van der Waals surface area contributed by atoms with Gasteiger partial charge in [-0.1, -0.05) is 54.1 Å². The second-order valence-corrected chi connectivity index (χ2v) is 6.99. The van der Waals surface area contributed by atoms with Crippen molar-refractivity contribution in [2.24, 2.45) is 0 Å². The van der Waals surface area contributed by atoms with E-state index in [2.05, 4.69) is 76.2 Å². The molecule has 4 rings (SSSR count). The van der Waals surface area contributed by atoms with E-state index in [0.717, 1.165) is 24.2 Å². The zero-order chi connectivity index (χ0) is 18.6. The average Bonchev–Trinajstić information content (AvgIpc) is 3.15. The van der Waals surface area contributed by atoms with Crippen LogP contribution in [0.4, 0.5) is 4.79 Å². The Balaban J connectivity index is 1.29. The fourth-order valence-electron chi connectivity index (χ4n) is 3.41. The number of benzene rings is 2. The summed E-state index contributed by atoms with van der Waals surface area (Å²) in [4.78, 5) is 16.4. The monoisotopic (exact) mass is 361 g/mol. The molecule has 1 unspecified atom stereocenters. The lowest BCUT2D eigenvalue weighted by atomic mass is 10.0. The molecule has 0 bridgehead atoms. The molecule has 0 saturated carbocycles. The van der Waals surface area contributed by atoms with Crippen LogP contribution in [0.2, 0.25) is 0 Å². The molecule has 3 aromatic rings. The minimum absolute atomic E-state index is 0.0860. The third-order valence-electron chi connectivity index (χ3n) is 4.90. The number of hydrogen-bond acceptors (Lipinski definition) is 3. The Hall–Kier alpha value is -3.15. The highest BCUT2D eigenvalue weighted by atomic mass is 16.2. The van der Waals surface area contributed by atoms with Crippen LogP contribution in [0.1, 0.15) is 23.4 Å². The highest BCUT2D eigenvalue weighted by Crippen LogP contribution is 2.20. The van der Waals surface area contributed by atoms with Crippen molar-refractivity contribution in [2.75, 3.05) is 0 Å². The molecule has 1 aromatic heterocycles. The zero-order valence-corrected chi connectivity index (χ0v) is 15.4. The van der Waals surface area contributed by atoms with E-state index in [4.69, 9.17) is 0 Å². The SMILES string of the molecule is Cc1cccc(-c2ccc(CNC(=O)NC3CCc4ncnn4C3)cc2)c1. The van der Waals surface area contributed by atoms with Gasteiger partial charge in [0, 0.05) is 13.0 Å². The molecule has 1 aliphatic heterocycles. The minimum Gasteiger partial charge on any atom is -0.334 e. The molecule has 2 N–H and O–H groups in total. The summed E-state index contributed by atoms with van der Waals surface area (Å²) in [6, 6.07) is 16.7. The van der Waals surface area contributed by atoms with Crippen LogP contribution in [0.15, 0.2) is 54.9 Å². The van der Waals surface area contributed by atoms with Gasteiger partial charge >= 0.3 is 6.03 Å². The maximum absolute atomic E-state index is 12.2. The molecule has 1 atom stereocenters. The van der Waals surface area contributed by atoms with Gasteiger partial charge in [0.2, 0.25) is 0 Å². The van der Waals surface area contributed by atoms with Crippen LogP contribution in [0, 0.1) is 6.92 Å². The second-order valence-electron chi connectivity index (χ2n) is 6.99. The summed E-state index contributed by atoms with van der Waals surface area (Å²) >= 11 is 0. The van der Waals surface area contributed by atoms with Crippen molar-refractivity contribution in [3.8, 4) is 11.1 Å². The van der Waals surface area contributed by atoms with Crippen LogP contribution in [-0.2, 0) is 19.5 Å². The van der Waals surface area contributed by atoms with Crippen molar-refractivity contribution < 1.29 is 4.79 Å². The molecule has 0 aliphatic carbocycles. The number of aryl methyl sites for hydroxylation is 2. The summed E-state index contributed by atoms with van der Waals surface area (Å²) in [6.45, 7) is 3.27. The Labute approximate surface area is 158 Å². The Morgan fingerprint density at radius 3 is 2.85 bits per heavy atom. The molecule has 138 valence electrons. The van der Waals surface area contributed by atoms with E-state index in [9.17, 15) is 4.79 Å². The zero-order valence-electron chi connectivity index (χ0n) is 15.4. The standard InChI is InChI=1S/C21H23N5O/c1-15-3-2-4-18(11-15)17-7-5-16(6-8-17)12-22-21(27)25-19-9-10-20-23-14-24-26(20)13-19/h2-8,11,14,19H,9-10,12-13H2,1H3,(H2,22,25,27). The Morgan fingerprint density at radius 1 is 1.19 bits per heavy atom. The molecule has 6 heteroatoms. The molecule has 0 saturated heterocycles. The first-order valence-corrected chi connectivity index (χ1v) is 9.24. The van der Waals surface area contributed by atoms with E-state index < -0.39 is 0 Å². The number of urea groups is 1. The van der Waals surface area contributed by atoms with Crippen LogP contribution < -0.4 is 10.6 Å². The molecular formula is C21H23N5O. The topological polar surface area (TPSA) is 71.8 Å². The van der Waals surface area contributed by atoms with Crippen molar-refractivity contribution in [1.82, 2.24) is 25.4 Å². The number of fused-ring (bicyclic) bond motifs is 1. The molecule has 6 nitrogen and oxygen atoms in total. The van der Waals surface area contributed by atoms with E-state index >= 15 is 0 Å². The van der Waals surface area contributed by atoms with Gasteiger partial charge in [0.15, 0.2) is 0 Å². The summed E-state index contributed by atoms with van der Waals surface area (Å²) in [7, 11) is 0. The lowest BCUT2D eigenvalue weighted by Gasteiger charge is -2.23. The quantitative estimate of drug-likeness (QED) is 0.750. The third kappa shape index (κ3) is 4.16. The van der Waals surface area contributed by atoms with Gasteiger partial charge < -0.3 is 10.6 Å². The largest absolute Gasteiger partial charge is 0.334 e. The molecule has 2 heterocycles. The van der Waals surface area contributed by atoms with Gasteiger partial charge in [-0.15, -0.1) is 0 Å². The minimum atomic E-state index is -0.147. The van der Waals surface area contributed by atoms with Crippen LogP contribution in [0.25, 0.3) is 11.1 Å². The van der Waals surface area contributed by atoms with Crippen molar-refractivity contribution in [2.45, 2.75) is 38.9 Å². The van der Waals surface area contributed by atoms with Gasteiger partial charge in [-0.3, -0.25) is 0 Å². The van der Waals surface area contributed by atoms with Gasteiger partial charge in [0.1, 0.15) is 12.2 Å². The number of hydrogen-bond donors (Lipinski definition) is 2. The van der Waals surface area contributed by atoms with Gasteiger partial charge in [0.05, 0.1) is 12.6 Å². The molecule has 2 amide bonds. The van der Waals surface area contributed by atoms with Gasteiger partial charge in [-0.25, -0.2) is 14.5 Å². The normalized spacial score (nSPS) is 15.8. The molecular weight excluding hydrogens is 338 g/mol.